The molecule has 1 aromatic carbocycles. The highest BCUT2D eigenvalue weighted by atomic mass is 16.5. The van der Waals surface area contributed by atoms with Gasteiger partial charge in [0, 0.05) is 44.4 Å². The zero-order chi connectivity index (χ0) is 19.8. The Kier molecular flexibility index (Phi) is 6.73. The molecular formula is C21H25N5O2. The maximum Gasteiger partial charge on any atom is 0.227 e. The molecule has 3 aromatic rings. The number of amides is 1. The van der Waals surface area contributed by atoms with E-state index < -0.39 is 0 Å². The lowest BCUT2D eigenvalue weighted by Gasteiger charge is -2.25. The number of nitrogens with zero attached hydrogens (tertiary/aromatic N) is 4. The average molecular weight is 379 g/mol. The van der Waals surface area contributed by atoms with E-state index >= 15 is 0 Å². The molecule has 0 aliphatic rings. The number of pyridine rings is 1. The largest absolute Gasteiger partial charge is 0.370 e. The standard InChI is InChI=1S/C21H25N5O2/c1-3-26(18-10-5-4-8-16(18)2)15-14-23-19(27)11-12-20-24-21(25-28-20)17-9-6-7-13-22-17/h4-10,13H,3,11-12,14-15H2,1-2H3,(H,23,27). The quantitative estimate of drug-likeness (QED) is 0.615. The minimum Gasteiger partial charge on any atom is -0.370 e. The second-order valence-corrected chi connectivity index (χ2v) is 6.44. The fraction of sp³-hybridized carbons (Fsp3) is 0.333. The molecule has 0 atom stereocenters. The van der Waals surface area contributed by atoms with Gasteiger partial charge >= 0.3 is 0 Å². The molecule has 2 heterocycles. The lowest BCUT2D eigenvalue weighted by atomic mass is 10.2. The average Bonchev–Trinajstić information content (AvgIpc) is 3.20. The molecule has 0 fully saturated rings. The van der Waals surface area contributed by atoms with Crippen LogP contribution in [-0.2, 0) is 11.2 Å². The number of para-hydroxylation sites is 1. The fourth-order valence-electron chi connectivity index (χ4n) is 2.96. The molecule has 0 bridgehead atoms. The van der Waals surface area contributed by atoms with E-state index in [0.717, 1.165) is 13.1 Å². The van der Waals surface area contributed by atoms with Gasteiger partial charge in [-0.2, -0.15) is 4.98 Å². The van der Waals surface area contributed by atoms with Crippen LogP contribution in [0.1, 0.15) is 24.8 Å². The number of benzene rings is 1. The molecule has 7 heteroatoms. The van der Waals surface area contributed by atoms with Gasteiger partial charge in [-0.05, 0) is 37.6 Å². The van der Waals surface area contributed by atoms with Gasteiger partial charge in [0.25, 0.3) is 0 Å². The molecule has 7 nitrogen and oxygen atoms in total. The summed E-state index contributed by atoms with van der Waals surface area (Å²) in [6.07, 6.45) is 2.39. The molecule has 0 saturated heterocycles. The van der Waals surface area contributed by atoms with Gasteiger partial charge in [-0.1, -0.05) is 29.4 Å². The van der Waals surface area contributed by atoms with Gasteiger partial charge in [0.2, 0.25) is 17.6 Å². The lowest BCUT2D eigenvalue weighted by Crippen LogP contribution is -2.35. The van der Waals surface area contributed by atoms with Crippen molar-refractivity contribution in [2.24, 2.45) is 0 Å². The van der Waals surface area contributed by atoms with Crippen LogP contribution in [0.15, 0.2) is 53.2 Å². The van der Waals surface area contributed by atoms with Crippen LogP contribution in [0.3, 0.4) is 0 Å². The maximum atomic E-state index is 12.1. The lowest BCUT2D eigenvalue weighted by molar-refractivity contribution is -0.121. The Morgan fingerprint density at radius 2 is 2.00 bits per heavy atom. The number of likely N-dealkylation sites (N-methyl/N-ethyl adjacent to an activating group) is 1. The summed E-state index contributed by atoms with van der Waals surface area (Å²) in [4.78, 5) is 22.9. The minimum absolute atomic E-state index is 0.0292. The Morgan fingerprint density at radius 3 is 2.75 bits per heavy atom. The minimum atomic E-state index is -0.0292. The van der Waals surface area contributed by atoms with Crippen LogP contribution >= 0.6 is 0 Å². The van der Waals surface area contributed by atoms with Crippen LogP contribution in [0.4, 0.5) is 5.69 Å². The van der Waals surface area contributed by atoms with Crippen molar-refractivity contribution in [1.82, 2.24) is 20.4 Å². The number of nitrogens with one attached hydrogen (secondary N) is 1. The number of hydrogen-bond acceptors (Lipinski definition) is 6. The molecule has 0 unspecified atom stereocenters. The Balaban J connectivity index is 1.44. The first kappa shape index (κ1) is 19.5. The van der Waals surface area contributed by atoms with Crippen LogP contribution in [-0.4, -0.2) is 40.7 Å². The number of aryl methyl sites for hydroxylation is 2. The van der Waals surface area contributed by atoms with Crippen LogP contribution < -0.4 is 10.2 Å². The van der Waals surface area contributed by atoms with E-state index in [1.54, 1.807) is 6.20 Å². The van der Waals surface area contributed by atoms with Crippen LogP contribution in [0.5, 0.6) is 0 Å². The number of aromatic nitrogens is 3. The highest BCUT2D eigenvalue weighted by molar-refractivity contribution is 5.76. The van der Waals surface area contributed by atoms with Gasteiger partial charge in [-0.15, -0.1) is 0 Å². The van der Waals surface area contributed by atoms with E-state index in [0.29, 0.717) is 36.8 Å². The van der Waals surface area contributed by atoms with E-state index in [-0.39, 0.29) is 5.91 Å². The highest BCUT2D eigenvalue weighted by Crippen LogP contribution is 2.18. The first-order valence-corrected chi connectivity index (χ1v) is 9.48. The second kappa shape index (κ2) is 9.64. The Hall–Kier alpha value is -3.22. The summed E-state index contributed by atoms with van der Waals surface area (Å²) >= 11 is 0. The van der Waals surface area contributed by atoms with E-state index in [1.807, 2.05) is 30.3 Å². The Morgan fingerprint density at radius 1 is 1.18 bits per heavy atom. The predicted octanol–water partition coefficient (Wildman–Crippen LogP) is 3.02. The summed E-state index contributed by atoms with van der Waals surface area (Å²) in [6.45, 7) is 6.45. The van der Waals surface area contributed by atoms with Crippen molar-refractivity contribution in [3.63, 3.8) is 0 Å². The topological polar surface area (TPSA) is 84.2 Å². The van der Waals surface area contributed by atoms with Crippen molar-refractivity contribution >= 4 is 11.6 Å². The van der Waals surface area contributed by atoms with E-state index in [2.05, 4.69) is 51.3 Å². The van der Waals surface area contributed by atoms with Gasteiger partial charge in [0.15, 0.2) is 0 Å². The van der Waals surface area contributed by atoms with Crippen molar-refractivity contribution in [1.29, 1.82) is 0 Å². The molecule has 0 aliphatic carbocycles. The van der Waals surface area contributed by atoms with Gasteiger partial charge in [-0.25, -0.2) is 0 Å². The first-order chi connectivity index (χ1) is 13.7. The summed E-state index contributed by atoms with van der Waals surface area (Å²) in [5, 5.41) is 6.88. The zero-order valence-corrected chi connectivity index (χ0v) is 16.3. The zero-order valence-electron chi connectivity index (χ0n) is 16.3. The van der Waals surface area contributed by atoms with Crippen LogP contribution in [0, 0.1) is 6.92 Å². The molecule has 0 spiro atoms. The first-order valence-electron chi connectivity index (χ1n) is 9.48. The molecule has 2 aromatic heterocycles. The number of rotatable bonds is 9. The predicted molar refractivity (Wildman–Crippen MR) is 108 cm³/mol. The second-order valence-electron chi connectivity index (χ2n) is 6.44. The number of hydrogen-bond donors (Lipinski definition) is 1. The highest BCUT2D eigenvalue weighted by Gasteiger charge is 2.12. The van der Waals surface area contributed by atoms with Gasteiger partial charge < -0.3 is 14.7 Å². The summed E-state index contributed by atoms with van der Waals surface area (Å²) in [7, 11) is 0. The summed E-state index contributed by atoms with van der Waals surface area (Å²) < 4.78 is 5.21. The van der Waals surface area contributed by atoms with Gasteiger partial charge in [-0.3, -0.25) is 9.78 Å². The summed E-state index contributed by atoms with van der Waals surface area (Å²) in [5.74, 6) is 0.845. The normalized spacial score (nSPS) is 10.6. The number of carbonyl (C=O) groups is 1. The Labute approximate surface area is 164 Å². The summed E-state index contributed by atoms with van der Waals surface area (Å²) in [5.41, 5.74) is 3.08. The van der Waals surface area contributed by atoms with Crippen LogP contribution in [0.25, 0.3) is 11.5 Å². The van der Waals surface area contributed by atoms with Crippen LogP contribution in [0.2, 0.25) is 0 Å². The third kappa shape index (κ3) is 5.16. The number of anilines is 1. The van der Waals surface area contributed by atoms with Gasteiger partial charge in [0.05, 0.1) is 0 Å². The third-order valence-corrected chi connectivity index (χ3v) is 4.47. The fourth-order valence-corrected chi connectivity index (χ4v) is 2.96. The molecule has 28 heavy (non-hydrogen) atoms. The molecule has 3 rings (SSSR count). The monoisotopic (exact) mass is 379 g/mol. The van der Waals surface area contributed by atoms with Gasteiger partial charge in [0.1, 0.15) is 5.69 Å². The molecule has 1 N–H and O–H groups in total. The third-order valence-electron chi connectivity index (χ3n) is 4.47. The smallest absolute Gasteiger partial charge is 0.227 e. The number of carbonyl (C=O) groups excluding carboxylic acids is 1. The molecule has 0 radical (unpaired) electrons. The molecule has 0 aliphatic heterocycles. The van der Waals surface area contributed by atoms with E-state index in [1.165, 1.54) is 11.3 Å². The van der Waals surface area contributed by atoms with E-state index in [4.69, 9.17) is 4.52 Å². The molecule has 0 saturated carbocycles. The molecule has 146 valence electrons. The van der Waals surface area contributed by atoms with Crippen molar-refractivity contribution < 1.29 is 9.32 Å². The SMILES string of the molecule is CCN(CCNC(=O)CCc1nc(-c2ccccn2)no1)c1ccccc1C. The van der Waals surface area contributed by atoms with E-state index in [9.17, 15) is 4.79 Å². The molecule has 1 amide bonds. The van der Waals surface area contributed by atoms with Crippen molar-refractivity contribution in [2.45, 2.75) is 26.7 Å². The maximum absolute atomic E-state index is 12.1. The van der Waals surface area contributed by atoms with Crippen molar-refractivity contribution in [3.05, 3.63) is 60.1 Å². The summed E-state index contributed by atoms with van der Waals surface area (Å²) in [6, 6.07) is 13.8. The molecular weight excluding hydrogens is 354 g/mol. The van der Waals surface area contributed by atoms with Crippen molar-refractivity contribution in [2.75, 3.05) is 24.5 Å². The Bertz CT molecular complexity index is 895. The van der Waals surface area contributed by atoms with Crippen molar-refractivity contribution in [3.8, 4) is 11.5 Å².